The van der Waals surface area contributed by atoms with Crippen molar-refractivity contribution in [3.63, 3.8) is 0 Å². The van der Waals surface area contributed by atoms with Crippen LogP contribution in [0, 0.1) is 5.82 Å². The quantitative estimate of drug-likeness (QED) is 0.573. The van der Waals surface area contributed by atoms with Gasteiger partial charge in [0.1, 0.15) is 16.6 Å². The van der Waals surface area contributed by atoms with E-state index in [1.165, 1.54) is 35.6 Å². The topological polar surface area (TPSA) is 84.4 Å². The van der Waals surface area contributed by atoms with Gasteiger partial charge in [-0.1, -0.05) is 22.9 Å². The monoisotopic (exact) mass is 474 g/mol. The van der Waals surface area contributed by atoms with Gasteiger partial charge in [0.05, 0.1) is 0 Å². The lowest BCUT2D eigenvalue weighted by Gasteiger charge is -2.31. The van der Waals surface area contributed by atoms with Crippen LogP contribution in [0.25, 0.3) is 0 Å². The number of nitrogens with zero attached hydrogens (tertiary/aromatic N) is 3. The summed E-state index contributed by atoms with van der Waals surface area (Å²) >= 11 is 7.09. The number of hydrogen-bond donors (Lipinski definition) is 1. The minimum Gasteiger partial charge on any atom is -0.484 e. The summed E-state index contributed by atoms with van der Waals surface area (Å²) < 4.78 is 18.5. The maximum atomic E-state index is 13.0. The van der Waals surface area contributed by atoms with Gasteiger partial charge >= 0.3 is 0 Å². The maximum Gasteiger partial charge on any atom is 0.286 e. The summed E-state index contributed by atoms with van der Waals surface area (Å²) in [6.45, 7) is 0.993. The molecule has 10 heteroatoms. The van der Waals surface area contributed by atoms with Crippen LogP contribution in [0.5, 0.6) is 5.75 Å². The van der Waals surface area contributed by atoms with E-state index in [9.17, 15) is 14.0 Å². The van der Waals surface area contributed by atoms with Crippen LogP contribution in [0.15, 0.2) is 48.5 Å². The molecule has 4 rings (SSSR count). The third kappa shape index (κ3) is 5.60. The number of hydrogen-bond acceptors (Lipinski definition) is 6. The van der Waals surface area contributed by atoms with Gasteiger partial charge in [-0.15, -0.1) is 10.2 Å². The lowest BCUT2D eigenvalue weighted by atomic mass is 9.99. The Balaban J connectivity index is 1.33. The highest BCUT2D eigenvalue weighted by Crippen LogP contribution is 2.29. The molecule has 0 aliphatic carbocycles. The smallest absolute Gasteiger partial charge is 0.286 e. The predicted octanol–water partition coefficient (Wildman–Crippen LogP) is 4.37. The van der Waals surface area contributed by atoms with E-state index in [0.717, 1.165) is 17.8 Å². The van der Waals surface area contributed by atoms with Crippen LogP contribution in [0.2, 0.25) is 5.02 Å². The summed E-state index contributed by atoms with van der Waals surface area (Å²) in [6, 6.07) is 12.3. The highest BCUT2D eigenvalue weighted by molar-refractivity contribution is 7.13. The molecular formula is C22H20ClFN4O3S. The zero-order valence-corrected chi connectivity index (χ0v) is 18.5. The molecule has 0 spiro atoms. The van der Waals surface area contributed by atoms with Gasteiger partial charge in [-0.05, 0) is 61.4 Å². The number of anilines is 1. The number of halogens is 2. The molecule has 0 bridgehead atoms. The predicted molar refractivity (Wildman–Crippen MR) is 120 cm³/mol. The Bertz CT molecular complexity index is 1090. The summed E-state index contributed by atoms with van der Waals surface area (Å²) in [7, 11) is 0. The van der Waals surface area contributed by atoms with Crippen molar-refractivity contribution in [3.8, 4) is 5.75 Å². The third-order valence-corrected chi connectivity index (χ3v) is 6.37. The Morgan fingerprint density at radius 3 is 2.66 bits per heavy atom. The lowest BCUT2D eigenvalue weighted by molar-refractivity contribution is -0.134. The second kappa shape index (κ2) is 10.1. The largest absolute Gasteiger partial charge is 0.484 e. The lowest BCUT2D eigenvalue weighted by Crippen LogP contribution is -2.41. The molecule has 1 aliphatic rings. The first-order valence-electron chi connectivity index (χ1n) is 10.0. The van der Waals surface area contributed by atoms with Crippen molar-refractivity contribution in [2.75, 3.05) is 25.0 Å². The fourth-order valence-electron chi connectivity index (χ4n) is 3.38. The summed E-state index contributed by atoms with van der Waals surface area (Å²) in [5.41, 5.74) is 0.617. The molecule has 1 fully saturated rings. The van der Waals surface area contributed by atoms with Gasteiger partial charge in [-0.25, -0.2) is 4.39 Å². The Labute approximate surface area is 193 Å². The molecule has 3 aromatic rings. The van der Waals surface area contributed by atoms with Gasteiger partial charge in [0, 0.05) is 29.7 Å². The summed E-state index contributed by atoms with van der Waals surface area (Å²) in [4.78, 5) is 26.8. The van der Waals surface area contributed by atoms with E-state index in [-0.39, 0.29) is 35.2 Å². The van der Waals surface area contributed by atoms with Crippen molar-refractivity contribution < 1.29 is 18.7 Å². The van der Waals surface area contributed by atoms with Crippen molar-refractivity contribution in [1.29, 1.82) is 0 Å². The minimum absolute atomic E-state index is 0.00750. The normalized spacial score (nSPS) is 15.9. The van der Waals surface area contributed by atoms with Crippen molar-refractivity contribution in [2.24, 2.45) is 0 Å². The molecule has 1 saturated heterocycles. The highest BCUT2D eigenvalue weighted by atomic mass is 35.5. The number of nitrogens with one attached hydrogen (secondary N) is 1. The van der Waals surface area contributed by atoms with E-state index < -0.39 is 0 Å². The van der Waals surface area contributed by atoms with Crippen molar-refractivity contribution in [1.82, 2.24) is 15.1 Å². The number of carbonyl (C=O) groups excluding carboxylic acids is 2. The molecule has 0 radical (unpaired) electrons. The molecule has 0 unspecified atom stereocenters. The first-order chi connectivity index (χ1) is 15.5. The van der Waals surface area contributed by atoms with Crippen molar-refractivity contribution in [2.45, 2.75) is 18.8 Å². The number of likely N-dealkylation sites (tertiary alicyclic amines) is 1. The first kappa shape index (κ1) is 22.2. The molecule has 0 saturated carbocycles. The van der Waals surface area contributed by atoms with E-state index >= 15 is 0 Å². The Hall–Kier alpha value is -3.04. The van der Waals surface area contributed by atoms with E-state index in [0.29, 0.717) is 29.5 Å². The molecule has 2 heterocycles. The summed E-state index contributed by atoms with van der Waals surface area (Å²) in [5.74, 6) is -0.403. The molecule has 166 valence electrons. The number of carbonyl (C=O) groups is 2. The van der Waals surface area contributed by atoms with E-state index in [2.05, 4.69) is 15.5 Å². The second-order valence-corrected chi connectivity index (χ2v) is 8.77. The molecule has 1 aromatic heterocycles. The zero-order chi connectivity index (χ0) is 22.5. The van der Waals surface area contributed by atoms with Crippen LogP contribution < -0.4 is 10.1 Å². The average Bonchev–Trinajstić information content (AvgIpc) is 3.31. The Kier molecular flexibility index (Phi) is 6.96. The van der Waals surface area contributed by atoms with Crippen LogP contribution in [-0.4, -0.2) is 46.6 Å². The molecule has 32 heavy (non-hydrogen) atoms. The number of amides is 2. The molecule has 1 aliphatic heterocycles. The SMILES string of the molecule is O=C(Nc1ccc(Cl)cc1)c1nnc([C@H]2CCCN(C(=O)COc3ccc(F)cc3)C2)s1. The molecule has 1 N–H and O–H groups in total. The van der Waals surface area contributed by atoms with Crippen molar-refractivity contribution >= 4 is 40.4 Å². The van der Waals surface area contributed by atoms with E-state index in [1.54, 1.807) is 29.2 Å². The average molecular weight is 475 g/mol. The van der Waals surface area contributed by atoms with Crippen LogP contribution in [0.1, 0.15) is 33.6 Å². The second-order valence-electron chi connectivity index (χ2n) is 7.33. The summed E-state index contributed by atoms with van der Waals surface area (Å²) in [6.07, 6.45) is 1.68. The first-order valence-corrected chi connectivity index (χ1v) is 11.2. The number of aromatic nitrogens is 2. The molecular weight excluding hydrogens is 455 g/mol. The van der Waals surface area contributed by atoms with Gasteiger partial charge in [-0.2, -0.15) is 0 Å². The Morgan fingerprint density at radius 1 is 1.16 bits per heavy atom. The van der Waals surface area contributed by atoms with Gasteiger partial charge in [0.2, 0.25) is 5.01 Å². The fraction of sp³-hybridized carbons (Fsp3) is 0.273. The molecule has 2 amide bonds. The van der Waals surface area contributed by atoms with Gasteiger partial charge in [0.25, 0.3) is 11.8 Å². The summed E-state index contributed by atoms with van der Waals surface area (Å²) in [5, 5.41) is 12.6. The number of ether oxygens (including phenoxy) is 1. The molecule has 1 atom stereocenters. The van der Waals surface area contributed by atoms with Crippen LogP contribution in [0.3, 0.4) is 0 Å². The van der Waals surface area contributed by atoms with Gasteiger partial charge < -0.3 is 15.0 Å². The van der Waals surface area contributed by atoms with Crippen molar-refractivity contribution in [3.05, 3.63) is 69.4 Å². The number of benzene rings is 2. The van der Waals surface area contributed by atoms with Crippen LogP contribution >= 0.6 is 22.9 Å². The van der Waals surface area contributed by atoms with Crippen LogP contribution in [0.4, 0.5) is 10.1 Å². The maximum absolute atomic E-state index is 13.0. The highest BCUT2D eigenvalue weighted by Gasteiger charge is 2.28. The standard InChI is InChI=1S/C22H20ClFN4O3S/c23-15-3-7-17(8-4-15)25-20(30)22-27-26-21(32-22)14-2-1-11-28(12-14)19(29)13-31-18-9-5-16(24)6-10-18/h3-10,14H,1-2,11-13H2,(H,25,30)/t14-/m0/s1. The number of rotatable bonds is 6. The van der Waals surface area contributed by atoms with E-state index in [1.807, 2.05) is 0 Å². The third-order valence-electron chi connectivity index (χ3n) is 5.04. The van der Waals surface area contributed by atoms with Crippen LogP contribution in [-0.2, 0) is 4.79 Å². The Morgan fingerprint density at radius 2 is 1.91 bits per heavy atom. The number of piperidine rings is 1. The zero-order valence-electron chi connectivity index (χ0n) is 17.0. The molecule has 2 aromatic carbocycles. The van der Waals surface area contributed by atoms with E-state index in [4.69, 9.17) is 16.3 Å². The van der Waals surface area contributed by atoms with Gasteiger partial charge in [-0.3, -0.25) is 9.59 Å². The van der Waals surface area contributed by atoms with Gasteiger partial charge in [0.15, 0.2) is 6.61 Å². The minimum atomic E-state index is -0.360. The molecule has 7 nitrogen and oxygen atoms in total. The fourth-order valence-corrected chi connectivity index (χ4v) is 4.37.